The van der Waals surface area contributed by atoms with Crippen LogP contribution in [0.5, 0.6) is 0 Å². The number of hydrogen-bond acceptors (Lipinski definition) is 4. The van der Waals surface area contributed by atoms with Crippen molar-refractivity contribution < 1.29 is 107 Å². The van der Waals surface area contributed by atoms with Crippen molar-refractivity contribution in [1.82, 2.24) is 4.98 Å². The maximum Gasteiger partial charge on any atom is 0.337 e. The van der Waals surface area contributed by atoms with E-state index in [1.54, 1.807) is 47.6 Å². The number of hydrogen-bond donors (Lipinski definition) is 0. The van der Waals surface area contributed by atoms with E-state index < -0.39 is 150 Å². The normalized spacial score (nSPS) is 11.4. The third-order valence-electron chi connectivity index (χ3n) is 9.33. The second kappa shape index (κ2) is 18.0. The topological polar surface area (TPSA) is 60.1 Å². The van der Waals surface area contributed by atoms with Crippen molar-refractivity contribution >= 4 is 39.7 Å². The number of halogens is 20. The Morgan fingerprint density at radius 3 is 1.00 bits per heavy atom. The van der Waals surface area contributed by atoms with Gasteiger partial charge in [0.15, 0.2) is 82.2 Å². The van der Waals surface area contributed by atoms with E-state index in [1.165, 1.54) is 13.2 Å². The number of nitrogens with zero attached hydrogens (tertiary/aromatic N) is 2. The number of aromatic nitrogens is 2. The molecular formula is C38H13BF20N2O3. The Morgan fingerprint density at radius 2 is 0.719 bits per heavy atom. The van der Waals surface area contributed by atoms with Crippen LogP contribution >= 0.6 is 0 Å². The summed E-state index contributed by atoms with van der Waals surface area (Å²) in [6.07, 6.45) is -0.578. The van der Waals surface area contributed by atoms with Crippen LogP contribution < -0.4 is 26.4 Å². The van der Waals surface area contributed by atoms with Crippen LogP contribution in [0.3, 0.4) is 0 Å². The first-order valence-corrected chi connectivity index (χ1v) is 16.6. The highest BCUT2D eigenvalue weighted by Crippen LogP contribution is 2.30. The van der Waals surface area contributed by atoms with Gasteiger partial charge in [0.1, 0.15) is 52.7 Å². The molecule has 0 N–H and O–H groups in total. The molecule has 0 bridgehead atoms. The molecule has 64 heavy (non-hydrogen) atoms. The molecule has 0 aliphatic carbocycles. The molecule has 0 aliphatic rings. The lowest BCUT2D eigenvalue weighted by molar-refractivity contribution is -0.683. The number of esters is 1. The third kappa shape index (κ3) is 7.62. The van der Waals surface area contributed by atoms with Gasteiger partial charge in [0.25, 0.3) is 0 Å². The van der Waals surface area contributed by atoms with Gasteiger partial charge in [-0.15, -0.1) is 21.9 Å². The van der Waals surface area contributed by atoms with Gasteiger partial charge in [-0.3, -0.25) is 9.78 Å². The highest BCUT2D eigenvalue weighted by atomic mass is 19.2. The predicted molar refractivity (Wildman–Crippen MR) is 176 cm³/mol. The van der Waals surface area contributed by atoms with E-state index in [0.29, 0.717) is 11.1 Å². The average Bonchev–Trinajstić information content (AvgIpc) is 3.29. The van der Waals surface area contributed by atoms with Crippen molar-refractivity contribution in [3.8, 4) is 0 Å². The largest absolute Gasteiger partial charge is 0.465 e. The van der Waals surface area contributed by atoms with Crippen LogP contribution in [0.1, 0.15) is 20.7 Å². The number of carbonyl (C=O) groups is 2. The first kappa shape index (κ1) is 48.0. The Labute approximate surface area is 341 Å². The molecule has 6 rings (SSSR count). The van der Waals surface area contributed by atoms with Crippen LogP contribution in [0.15, 0.2) is 49.1 Å². The minimum absolute atomic E-state index is 0.0815. The molecule has 0 fully saturated rings. The Kier molecular flexibility index (Phi) is 13.5. The smallest absolute Gasteiger partial charge is 0.337 e. The van der Waals surface area contributed by atoms with Crippen molar-refractivity contribution in [1.29, 1.82) is 0 Å². The predicted octanol–water partition coefficient (Wildman–Crippen LogP) is 6.88. The first-order valence-electron chi connectivity index (χ1n) is 16.6. The Hall–Kier alpha value is -7.02. The van der Waals surface area contributed by atoms with E-state index in [2.05, 4.69) is 9.72 Å². The van der Waals surface area contributed by atoms with E-state index in [1.807, 2.05) is 0 Å². The van der Waals surface area contributed by atoms with Crippen LogP contribution in [-0.4, -0.2) is 30.0 Å². The third-order valence-corrected chi connectivity index (χ3v) is 9.33. The zero-order chi connectivity index (χ0) is 48.0. The molecule has 0 saturated carbocycles. The summed E-state index contributed by atoms with van der Waals surface area (Å²) in [7, 11) is 1.31. The quantitative estimate of drug-likeness (QED) is 0.0318. The molecule has 1 heterocycles. The molecule has 0 radical (unpaired) electrons. The van der Waals surface area contributed by atoms with Crippen molar-refractivity contribution in [2.24, 2.45) is 0 Å². The van der Waals surface area contributed by atoms with Crippen molar-refractivity contribution in [2.45, 2.75) is 6.54 Å². The van der Waals surface area contributed by atoms with Gasteiger partial charge < -0.3 is 4.74 Å². The Morgan fingerprint density at radius 1 is 0.453 bits per heavy atom. The highest BCUT2D eigenvalue weighted by molar-refractivity contribution is 7.20. The van der Waals surface area contributed by atoms with Gasteiger partial charge >= 0.3 is 5.97 Å². The second-order valence-corrected chi connectivity index (χ2v) is 12.7. The number of ether oxygens (including phenoxy) is 1. The van der Waals surface area contributed by atoms with Crippen LogP contribution in [-0.2, 0) is 11.3 Å². The van der Waals surface area contributed by atoms with Gasteiger partial charge in [-0.1, -0.05) is 12.1 Å². The molecule has 0 unspecified atom stereocenters. The molecule has 0 atom stereocenters. The molecule has 26 heteroatoms. The van der Waals surface area contributed by atoms with E-state index >= 15 is 35.1 Å². The van der Waals surface area contributed by atoms with Gasteiger partial charge in [0, 0.05) is 5.56 Å². The number of rotatable bonds is 8. The summed E-state index contributed by atoms with van der Waals surface area (Å²) in [4.78, 5) is 27.4. The molecule has 0 spiro atoms. The average molecular weight is 936 g/mol. The summed E-state index contributed by atoms with van der Waals surface area (Å²) in [6.45, 7) is 0.202. The minimum Gasteiger partial charge on any atom is -0.465 e. The van der Waals surface area contributed by atoms with Gasteiger partial charge in [-0.05, 0) is 12.1 Å². The number of Topliss-reactive ketones (excluding diaryl/α,β-unsaturated/α-hetero) is 1. The molecule has 6 aromatic rings. The lowest BCUT2D eigenvalue weighted by Crippen LogP contribution is -2.81. The summed E-state index contributed by atoms with van der Waals surface area (Å²) < 4.78 is 300. The molecule has 1 aromatic heterocycles. The standard InChI is InChI=1S/C24BF20.C14H13N2O3/c26-5-1(6(27)14(35)21(42)13(5)34)25(2-7(28)15(36)22(43)16(37)8(2)29,3-9(30)17(38)23(44)18(39)10(3)31)4-11(32)19(40)24(45)20(41)12(4)33;1-19-14(18)12-4-2-3-11(9-12)13(17)10-16-7-5-15-6-8-16/h;2-9H,10H2,1H3/q-1;+1. The molecule has 336 valence electrons. The lowest BCUT2D eigenvalue weighted by Gasteiger charge is -2.44. The van der Waals surface area contributed by atoms with E-state index in [0.717, 1.165) is 0 Å². The van der Waals surface area contributed by atoms with Crippen molar-refractivity contribution in [2.75, 3.05) is 7.11 Å². The number of benzene rings is 5. The number of methoxy groups -OCH3 is 1. The van der Waals surface area contributed by atoms with Crippen LogP contribution in [0.2, 0.25) is 0 Å². The van der Waals surface area contributed by atoms with Gasteiger partial charge in [-0.25, -0.2) is 92.6 Å². The SMILES string of the molecule is COC(=O)c1cccc(C(=O)C[n+]2ccncc2)c1.Fc1c(F)c(F)c([B-](c2c(F)c(F)c(F)c(F)c2F)(c2c(F)c(F)c(F)c(F)c2F)c2c(F)c(F)c(F)c(F)c2F)c(F)c1F. The summed E-state index contributed by atoms with van der Waals surface area (Å²) in [5.41, 5.74) is -13.5. The van der Waals surface area contributed by atoms with Crippen LogP contribution in [0, 0.1) is 116 Å². The summed E-state index contributed by atoms with van der Waals surface area (Å²) in [5, 5.41) is 0. The van der Waals surface area contributed by atoms with E-state index in [-0.39, 0.29) is 12.3 Å². The summed E-state index contributed by atoms with van der Waals surface area (Å²) in [5.74, 6) is -71.9. The maximum atomic E-state index is 15.4. The monoisotopic (exact) mass is 936 g/mol. The van der Waals surface area contributed by atoms with Crippen LogP contribution in [0.4, 0.5) is 87.8 Å². The van der Waals surface area contributed by atoms with Crippen LogP contribution in [0.25, 0.3) is 0 Å². The van der Waals surface area contributed by atoms with E-state index in [9.17, 15) is 62.3 Å². The highest BCUT2D eigenvalue weighted by Gasteiger charge is 2.52. The van der Waals surface area contributed by atoms with Gasteiger partial charge in [0.05, 0.1) is 25.1 Å². The van der Waals surface area contributed by atoms with Gasteiger partial charge in [0.2, 0.25) is 12.3 Å². The second-order valence-electron chi connectivity index (χ2n) is 12.7. The zero-order valence-electron chi connectivity index (χ0n) is 30.6. The number of ketones is 1. The molecular weight excluding hydrogens is 923 g/mol. The summed E-state index contributed by atoms with van der Waals surface area (Å²) >= 11 is 0. The fourth-order valence-electron chi connectivity index (χ4n) is 6.52. The fourth-order valence-corrected chi connectivity index (χ4v) is 6.52. The van der Waals surface area contributed by atoms with Crippen molar-refractivity contribution in [3.63, 3.8) is 0 Å². The number of carbonyl (C=O) groups excluding carboxylic acids is 2. The molecule has 5 nitrogen and oxygen atoms in total. The molecule has 0 saturated heterocycles. The van der Waals surface area contributed by atoms with Gasteiger partial charge in [-0.2, -0.15) is 4.57 Å². The molecule has 0 aliphatic heterocycles. The maximum absolute atomic E-state index is 15.4. The Bertz CT molecular complexity index is 2520. The zero-order valence-corrected chi connectivity index (χ0v) is 30.6. The fraction of sp³-hybridized carbons (Fsp3) is 0.0526. The minimum atomic E-state index is -7.22. The Balaban J connectivity index is 0.000000337. The van der Waals surface area contributed by atoms with Crippen molar-refractivity contribution in [3.05, 3.63) is 177 Å². The summed E-state index contributed by atoms with van der Waals surface area (Å²) in [6, 6.07) is 6.49. The lowest BCUT2D eigenvalue weighted by atomic mass is 9.12. The van der Waals surface area contributed by atoms with E-state index in [4.69, 9.17) is 0 Å². The molecule has 5 aromatic carbocycles. The first-order chi connectivity index (χ1) is 29.9. The molecule has 0 amide bonds.